The summed E-state index contributed by atoms with van der Waals surface area (Å²) < 4.78 is 2.06. The predicted molar refractivity (Wildman–Crippen MR) is 84.9 cm³/mol. The Morgan fingerprint density at radius 1 is 1.00 bits per heavy atom. The smallest absolute Gasteiger partial charge is 0.0797 e. The standard InChI is InChI=1S/C17H32N2O/c1-5-6-7-8-9-10-11-12-13-19-15(3)17(16(4)20)14(2)18-19/h16,20H,5-13H2,1-4H3. The minimum Gasteiger partial charge on any atom is -0.389 e. The van der Waals surface area contributed by atoms with Crippen molar-refractivity contribution in [1.29, 1.82) is 0 Å². The molecule has 1 unspecified atom stereocenters. The van der Waals surface area contributed by atoms with Gasteiger partial charge in [-0.05, 0) is 27.2 Å². The van der Waals surface area contributed by atoms with Crippen LogP contribution in [0, 0.1) is 13.8 Å². The van der Waals surface area contributed by atoms with Crippen LogP contribution in [-0.4, -0.2) is 14.9 Å². The van der Waals surface area contributed by atoms with Crippen molar-refractivity contribution in [2.24, 2.45) is 0 Å². The normalized spacial score (nSPS) is 12.8. The molecule has 0 spiro atoms. The van der Waals surface area contributed by atoms with Gasteiger partial charge >= 0.3 is 0 Å². The average molecular weight is 280 g/mol. The summed E-state index contributed by atoms with van der Waals surface area (Å²) in [6.07, 6.45) is 10.3. The molecule has 0 amide bonds. The molecule has 0 saturated heterocycles. The number of hydrogen-bond donors (Lipinski definition) is 1. The van der Waals surface area contributed by atoms with Gasteiger partial charge in [0.05, 0.1) is 11.8 Å². The fourth-order valence-electron chi connectivity index (χ4n) is 2.93. The number of aryl methyl sites for hydroxylation is 2. The second kappa shape index (κ2) is 9.17. The van der Waals surface area contributed by atoms with Gasteiger partial charge in [0.1, 0.15) is 0 Å². The average Bonchev–Trinajstić information content (AvgIpc) is 2.67. The number of aliphatic hydroxyl groups is 1. The highest BCUT2D eigenvalue weighted by atomic mass is 16.3. The van der Waals surface area contributed by atoms with Crippen molar-refractivity contribution >= 4 is 0 Å². The van der Waals surface area contributed by atoms with Crippen molar-refractivity contribution in [2.75, 3.05) is 0 Å². The van der Waals surface area contributed by atoms with E-state index in [0.29, 0.717) is 0 Å². The van der Waals surface area contributed by atoms with Gasteiger partial charge < -0.3 is 5.11 Å². The molecule has 1 rings (SSSR count). The Bertz CT molecular complexity index is 383. The van der Waals surface area contributed by atoms with E-state index in [2.05, 4.69) is 23.6 Å². The van der Waals surface area contributed by atoms with Crippen molar-refractivity contribution < 1.29 is 5.11 Å². The number of aliphatic hydroxyl groups excluding tert-OH is 1. The van der Waals surface area contributed by atoms with Crippen LogP contribution in [0.3, 0.4) is 0 Å². The predicted octanol–water partition coefficient (Wildman–Crippen LogP) is 4.69. The highest BCUT2D eigenvalue weighted by Crippen LogP contribution is 2.21. The van der Waals surface area contributed by atoms with Crippen LogP contribution in [0.1, 0.15) is 88.3 Å². The zero-order chi connectivity index (χ0) is 15.0. The summed E-state index contributed by atoms with van der Waals surface area (Å²) in [5, 5.41) is 14.3. The summed E-state index contributed by atoms with van der Waals surface area (Å²) >= 11 is 0. The summed E-state index contributed by atoms with van der Waals surface area (Å²) in [4.78, 5) is 0. The zero-order valence-corrected chi connectivity index (χ0v) is 13.8. The first-order valence-corrected chi connectivity index (χ1v) is 8.29. The first-order chi connectivity index (χ1) is 9.57. The molecule has 0 aliphatic heterocycles. The first kappa shape index (κ1) is 17.2. The van der Waals surface area contributed by atoms with Crippen LogP contribution in [0.15, 0.2) is 0 Å². The van der Waals surface area contributed by atoms with E-state index in [4.69, 9.17) is 0 Å². The van der Waals surface area contributed by atoms with Crippen LogP contribution in [0.25, 0.3) is 0 Å². The Balaban J connectivity index is 2.24. The van der Waals surface area contributed by atoms with E-state index in [-0.39, 0.29) is 0 Å². The molecule has 1 heterocycles. The second-order valence-electron chi connectivity index (χ2n) is 5.96. The van der Waals surface area contributed by atoms with Gasteiger partial charge in [-0.2, -0.15) is 5.10 Å². The highest BCUT2D eigenvalue weighted by Gasteiger charge is 2.14. The minimum absolute atomic E-state index is 0.415. The number of nitrogens with zero attached hydrogens (tertiary/aromatic N) is 2. The lowest BCUT2D eigenvalue weighted by molar-refractivity contribution is 0.197. The van der Waals surface area contributed by atoms with Crippen molar-refractivity contribution in [1.82, 2.24) is 9.78 Å². The number of rotatable bonds is 10. The summed E-state index contributed by atoms with van der Waals surface area (Å²) in [7, 11) is 0. The van der Waals surface area contributed by atoms with Gasteiger partial charge in [-0.25, -0.2) is 0 Å². The lowest BCUT2D eigenvalue weighted by Gasteiger charge is -2.07. The van der Waals surface area contributed by atoms with Gasteiger partial charge in [0.15, 0.2) is 0 Å². The van der Waals surface area contributed by atoms with Crippen LogP contribution in [0.2, 0.25) is 0 Å². The summed E-state index contributed by atoms with van der Waals surface area (Å²) in [5.74, 6) is 0. The molecule has 1 N–H and O–H groups in total. The van der Waals surface area contributed by atoms with Crippen LogP contribution < -0.4 is 0 Å². The molecule has 3 nitrogen and oxygen atoms in total. The van der Waals surface area contributed by atoms with Gasteiger partial charge in [-0.3, -0.25) is 4.68 Å². The molecule has 116 valence electrons. The molecule has 20 heavy (non-hydrogen) atoms. The van der Waals surface area contributed by atoms with E-state index < -0.39 is 6.10 Å². The van der Waals surface area contributed by atoms with E-state index in [1.807, 2.05) is 13.8 Å². The summed E-state index contributed by atoms with van der Waals surface area (Å²) in [6.45, 7) is 9.11. The molecule has 1 atom stereocenters. The maximum Gasteiger partial charge on any atom is 0.0797 e. The van der Waals surface area contributed by atoms with E-state index in [0.717, 1.165) is 23.5 Å². The second-order valence-corrected chi connectivity index (χ2v) is 5.96. The third-order valence-corrected chi connectivity index (χ3v) is 4.08. The Morgan fingerprint density at radius 2 is 1.55 bits per heavy atom. The van der Waals surface area contributed by atoms with Crippen LogP contribution in [0.4, 0.5) is 0 Å². The maximum absolute atomic E-state index is 9.76. The molecule has 0 aliphatic rings. The Morgan fingerprint density at radius 3 is 2.05 bits per heavy atom. The molecule has 0 bridgehead atoms. The molecule has 0 saturated carbocycles. The van der Waals surface area contributed by atoms with E-state index in [1.54, 1.807) is 0 Å². The van der Waals surface area contributed by atoms with Gasteiger partial charge in [0, 0.05) is 17.8 Å². The molecular weight excluding hydrogens is 248 g/mol. The Labute approximate surface area is 124 Å². The van der Waals surface area contributed by atoms with Crippen molar-refractivity contribution in [3.63, 3.8) is 0 Å². The van der Waals surface area contributed by atoms with Crippen LogP contribution >= 0.6 is 0 Å². The third-order valence-electron chi connectivity index (χ3n) is 4.08. The molecule has 3 heteroatoms. The molecule has 0 aliphatic carbocycles. The van der Waals surface area contributed by atoms with E-state index >= 15 is 0 Å². The van der Waals surface area contributed by atoms with E-state index in [1.165, 1.54) is 51.4 Å². The molecule has 0 aromatic carbocycles. The lowest BCUT2D eigenvalue weighted by atomic mass is 10.1. The molecular formula is C17H32N2O. The minimum atomic E-state index is -0.415. The lowest BCUT2D eigenvalue weighted by Crippen LogP contribution is -2.03. The van der Waals surface area contributed by atoms with Gasteiger partial charge in [-0.15, -0.1) is 0 Å². The quantitative estimate of drug-likeness (QED) is 0.631. The Hall–Kier alpha value is -0.830. The van der Waals surface area contributed by atoms with Gasteiger partial charge in [0.25, 0.3) is 0 Å². The van der Waals surface area contributed by atoms with Gasteiger partial charge in [0.2, 0.25) is 0 Å². The third kappa shape index (κ3) is 5.28. The SMILES string of the molecule is CCCCCCCCCCn1nc(C)c(C(C)O)c1C. The van der Waals surface area contributed by atoms with Gasteiger partial charge in [-0.1, -0.05) is 51.9 Å². The van der Waals surface area contributed by atoms with Crippen molar-refractivity contribution in [3.8, 4) is 0 Å². The molecule has 1 aromatic heterocycles. The maximum atomic E-state index is 9.76. The number of aromatic nitrogens is 2. The summed E-state index contributed by atoms with van der Waals surface area (Å²) in [6, 6.07) is 0. The molecule has 1 aromatic rings. The van der Waals surface area contributed by atoms with Crippen molar-refractivity contribution in [2.45, 2.75) is 91.7 Å². The summed E-state index contributed by atoms with van der Waals surface area (Å²) in [5.41, 5.74) is 3.10. The highest BCUT2D eigenvalue weighted by molar-refractivity contribution is 5.26. The molecule has 0 fully saturated rings. The number of hydrogen-bond acceptors (Lipinski definition) is 2. The first-order valence-electron chi connectivity index (χ1n) is 8.29. The largest absolute Gasteiger partial charge is 0.389 e. The fourth-order valence-corrected chi connectivity index (χ4v) is 2.93. The number of unbranched alkanes of at least 4 members (excludes halogenated alkanes) is 7. The van der Waals surface area contributed by atoms with Crippen LogP contribution in [-0.2, 0) is 6.54 Å². The fraction of sp³-hybridized carbons (Fsp3) is 0.824. The monoisotopic (exact) mass is 280 g/mol. The molecule has 0 radical (unpaired) electrons. The van der Waals surface area contributed by atoms with E-state index in [9.17, 15) is 5.11 Å². The van der Waals surface area contributed by atoms with Crippen LogP contribution in [0.5, 0.6) is 0 Å². The Kier molecular flexibility index (Phi) is 7.90. The topological polar surface area (TPSA) is 38.0 Å². The zero-order valence-electron chi connectivity index (χ0n) is 13.8. The van der Waals surface area contributed by atoms with Crippen molar-refractivity contribution in [3.05, 3.63) is 17.0 Å².